The Hall–Kier alpha value is 0.387. The average molecular weight is 395 g/mol. The summed E-state index contributed by atoms with van der Waals surface area (Å²) in [6.45, 7) is 4.48. The molecule has 2 unspecified atom stereocenters. The van der Waals surface area contributed by atoms with E-state index in [1.165, 1.54) is 64.2 Å². The molecule has 25 heavy (non-hydrogen) atoms. The predicted molar refractivity (Wildman–Crippen MR) is 111 cm³/mol. The van der Waals surface area contributed by atoms with Crippen molar-refractivity contribution < 1.29 is 13.3 Å². The molecule has 2 atom stereocenters. The molecule has 0 aromatic carbocycles. The van der Waals surface area contributed by atoms with Gasteiger partial charge < -0.3 is 13.3 Å². The van der Waals surface area contributed by atoms with Gasteiger partial charge in [-0.15, -0.1) is 11.6 Å². The van der Waals surface area contributed by atoms with Crippen LogP contribution in [0.4, 0.5) is 0 Å². The summed E-state index contributed by atoms with van der Waals surface area (Å²) in [6.07, 6.45) is 15.5. The Morgan fingerprint density at radius 3 is 1.60 bits per heavy atom. The van der Waals surface area contributed by atoms with E-state index in [0.717, 1.165) is 12.8 Å². The number of hydrogen-bond acceptors (Lipinski definition) is 3. The van der Waals surface area contributed by atoms with Gasteiger partial charge in [-0.3, -0.25) is 0 Å². The van der Waals surface area contributed by atoms with E-state index in [1.54, 1.807) is 21.3 Å². The molecule has 0 aliphatic rings. The maximum absolute atomic E-state index is 6.09. The Bertz CT molecular complexity index is 280. The SMILES string of the molecule is CCCCCCCCCCCC(CCCl)C(CC)[Si](OC)(OC)OC. The fourth-order valence-corrected chi connectivity index (χ4v) is 7.08. The van der Waals surface area contributed by atoms with Crippen molar-refractivity contribution in [1.82, 2.24) is 0 Å². The van der Waals surface area contributed by atoms with Crippen LogP contribution in [0.15, 0.2) is 0 Å². The van der Waals surface area contributed by atoms with Gasteiger partial charge in [-0.05, 0) is 18.8 Å². The first-order valence-electron chi connectivity index (χ1n) is 10.4. The zero-order valence-electron chi connectivity index (χ0n) is 17.4. The number of halogens is 1. The first-order valence-corrected chi connectivity index (χ1v) is 12.7. The van der Waals surface area contributed by atoms with Gasteiger partial charge >= 0.3 is 8.80 Å². The Kier molecular flexibility index (Phi) is 16.8. The van der Waals surface area contributed by atoms with Crippen molar-refractivity contribution in [1.29, 1.82) is 0 Å². The molecule has 0 aliphatic heterocycles. The van der Waals surface area contributed by atoms with Crippen molar-refractivity contribution in [3.8, 4) is 0 Å². The maximum atomic E-state index is 6.09. The van der Waals surface area contributed by atoms with Crippen LogP contribution in [0.1, 0.15) is 90.9 Å². The third kappa shape index (κ3) is 9.76. The minimum atomic E-state index is -2.60. The highest BCUT2D eigenvalue weighted by atomic mass is 35.5. The van der Waals surface area contributed by atoms with Gasteiger partial charge in [-0.2, -0.15) is 0 Å². The Balaban J connectivity index is 4.30. The summed E-state index contributed by atoms with van der Waals surface area (Å²) in [6, 6.07) is 0. The largest absolute Gasteiger partial charge is 0.503 e. The third-order valence-corrected chi connectivity index (χ3v) is 9.19. The van der Waals surface area contributed by atoms with E-state index < -0.39 is 8.80 Å². The Labute approximate surface area is 163 Å². The van der Waals surface area contributed by atoms with Crippen molar-refractivity contribution in [2.75, 3.05) is 27.2 Å². The van der Waals surface area contributed by atoms with E-state index in [9.17, 15) is 0 Å². The van der Waals surface area contributed by atoms with Crippen LogP contribution in [0.5, 0.6) is 0 Å². The van der Waals surface area contributed by atoms with E-state index in [0.29, 0.717) is 17.3 Å². The second kappa shape index (κ2) is 16.6. The predicted octanol–water partition coefficient (Wildman–Crippen LogP) is 6.81. The second-order valence-corrected chi connectivity index (χ2v) is 10.6. The van der Waals surface area contributed by atoms with E-state index in [-0.39, 0.29) is 0 Å². The van der Waals surface area contributed by atoms with Crippen LogP contribution in [0, 0.1) is 5.92 Å². The Morgan fingerprint density at radius 1 is 0.720 bits per heavy atom. The zero-order chi connectivity index (χ0) is 19.0. The molecule has 0 radical (unpaired) electrons. The molecule has 0 amide bonds. The van der Waals surface area contributed by atoms with Gasteiger partial charge in [0.15, 0.2) is 0 Å². The summed E-state index contributed by atoms with van der Waals surface area (Å²) in [4.78, 5) is 0. The molecule has 0 heterocycles. The lowest BCUT2D eigenvalue weighted by Crippen LogP contribution is -2.50. The molecule has 152 valence electrons. The molecule has 0 N–H and O–H groups in total. The van der Waals surface area contributed by atoms with Crippen LogP contribution in [0.25, 0.3) is 0 Å². The minimum absolute atomic E-state index is 0.334. The molecule has 0 saturated heterocycles. The quantitative estimate of drug-likeness (QED) is 0.145. The molecule has 0 aromatic rings. The highest BCUT2D eigenvalue weighted by Crippen LogP contribution is 2.39. The summed E-state index contributed by atoms with van der Waals surface area (Å²) in [5.74, 6) is 1.22. The number of alkyl halides is 1. The number of unbranched alkanes of at least 4 members (excludes halogenated alkanes) is 8. The van der Waals surface area contributed by atoms with E-state index >= 15 is 0 Å². The monoisotopic (exact) mass is 394 g/mol. The standard InChI is InChI=1S/C20H43ClO3Si/c1-6-8-9-10-11-12-13-14-15-16-19(17-18-21)20(7-2)25(22-3,23-4)24-5/h19-20H,6-18H2,1-5H3. The van der Waals surface area contributed by atoms with E-state index in [4.69, 9.17) is 24.9 Å². The number of hydrogen-bond donors (Lipinski definition) is 0. The molecule has 0 rings (SSSR count). The molecule has 0 fully saturated rings. The van der Waals surface area contributed by atoms with Crippen molar-refractivity contribution in [3.63, 3.8) is 0 Å². The van der Waals surface area contributed by atoms with Crippen LogP contribution >= 0.6 is 11.6 Å². The second-order valence-electron chi connectivity index (χ2n) is 7.09. The van der Waals surface area contributed by atoms with Gasteiger partial charge in [0.2, 0.25) is 0 Å². The zero-order valence-corrected chi connectivity index (χ0v) is 19.2. The number of rotatable bonds is 18. The molecule has 0 spiro atoms. The third-order valence-electron chi connectivity index (χ3n) is 5.47. The van der Waals surface area contributed by atoms with Gasteiger partial charge in [0.05, 0.1) is 0 Å². The van der Waals surface area contributed by atoms with E-state index in [2.05, 4.69) is 13.8 Å². The van der Waals surface area contributed by atoms with Crippen molar-refractivity contribution in [2.24, 2.45) is 5.92 Å². The van der Waals surface area contributed by atoms with Crippen molar-refractivity contribution >= 4 is 20.4 Å². The molecule has 0 aliphatic carbocycles. The van der Waals surface area contributed by atoms with Crippen LogP contribution in [0.3, 0.4) is 0 Å². The summed E-state index contributed by atoms with van der Waals surface area (Å²) < 4.78 is 17.3. The maximum Gasteiger partial charge on any atom is 0.503 e. The molecule has 5 heteroatoms. The van der Waals surface area contributed by atoms with Crippen molar-refractivity contribution in [3.05, 3.63) is 0 Å². The topological polar surface area (TPSA) is 27.7 Å². The fraction of sp³-hybridized carbons (Fsp3) is 1.00. The fourth-order valence-electron chi connectivity index (χ4n) is 3.98. The van der Waals surface area contributed by atoms with Gasteiger partial charge in [0.25, 0.3) is 0 Å². The first-order chi connectivity index (χ1) is 12.2. The molecule has 0 bridgehead atoms. The van der Waals surface area contributed by atoms with E-state index in [1.807, 2.05) is 0 Å². The first kappa shape index (κ1) is 25.4. The summed E-state index contributed by atoms with van der Waals surface area (Å²) in [5.41, 5.74) is 0.334. The van der Waals surface area contributed by atoms with Crippen LogP contribution in [-0.2, 0) is 13.3 Å². The van der Waals surface area contributed by atoms with Gasteiger partial charge in [0, 0.05) is 32.8 Å². The lowest BCUT2D eigenvalue weighted by atomic mass is 9.93. The molecule has 0 aromatic heterocycles. The lowest BCUT2D eigenvalue weighted by molar-refractivity contribution is 0.0979. The lowest BCUT2D eigenvalue weighted by Gasteiger charge is -2.37. The smallest absolute Gasteiger partial charge is 0.377 e. The van der Waals surface area contributed by atoms with Crippen molar-refractivity contribution in [2.45, 2.75) is 96.4 Å². The van der Waals surface area contributed by atoms with Crippen LogP contribution in [0.2, 0.25) is 5.54 Å². The summed E-state index contributed by atoms with van der Waals surface area (Å²) in [7, 11) is 2.56. The van der Waals surface area contributed by atoms with Gasteiger partial charge in [-0.1, -0.05) is 78.1 Å². The summed E-state index contributed by atoms with van der Waals surface area (Å²) in [5, 5.41) is 0. The van der Waals surface area contributed by atoms with Crippen LogP contribution < -0.4 is 0 Å². The van der Waals surface area contributed by atoms with Gasteiger partial charge in [-0.25, -0.2) is 0 Å². The minimum Gasteiger partial charge on any atom is -0.377 e. The van der Waals surface area contributed by atoms with Gasteiger partial charge in [0.1, 0.15) is 0 Å². The molecular formula is C20H43ClO3Si. The molecule has 0 saturated carbocycles. The highest BCUT2D eigenvalue weighted by Gasteiger charge is 2.49. The normalized spacial score (nSPS) is 14.6. The Morgan fingerprint density at radius 2 is 1.20 bits per heavy atom. The van der Waals surface area contributed by atoms with Crippen LogP contribution in [-0.4, -0.2) is 36.0 Å². The highest BCUT2D eigenvalue weighted by molar-refractivity contribution is 6.62. The summed E-state index contributed by atoms with van der Waals surface area (Å²) >= 11 is 6.09. The molecular weight excluding hydrogens is 352 g/mol. The molecule has 3 nitrogen and oxygen atoms in total. The average Bonchev–Trinajstić information content (AvgIpc) is 2.64.